The van der Waals surface area contributed by atoms with Crippen LogP contribution in [-0.2, 0) is 9.90 Å². The third-order valence-electron chi connectivity index (χ3n) is 1.74. The Labute approximate surface area is 63.7 Å². The number of hydrogen-bond donors (Lipinski definition) is 1. The number of anilines is 1. The van der Waals surface area contributed by atoms with Gasteiger partial charge in [0.15, 0.2) is 6.10 Å². The summed E-state index contributed by atoms with van der Waals surface area (Å²) in [5.41, 5.74) is 1.20. The average molecular weight is 148 g/mol. The van der Waals surface area contributed by atoms with E-state index in [1.54, 1.807) is 24.3 Å². The molecule has 0 saturated carbocycles. The van der Waals surface area contributed by atoms with Gasteiger partial charge in [0.1, 0.15) is 0 Å². The molecule has 1 amide bonds. The second-order valence-electron chi connectivity index (χ2n) is 2.46. The number of fused-ring (bicyclic) bond motifs is 1. The Hall–Kier alpha value is -1.35. The first-order chi connectivity index (χ1) is 5.29. The second kappa shape index (κ2) is 2.07. The first-order valence-electron chi connectivity index (χ1n) is 3.34. The summed E-state index contributed by atoms with van der Waals surface area (Å²) in [4.78, 5) is 10.8. The normalized spacial score (nSPS) is 21.2. The van der Waals surface area contributed by atoms with Gasteiger partial charge in [0.25, 0.3) is 5.91 Å². The lowest BCUT2D eigenvalue weighted by atomic mass is 10.1. The van der Waals surface area contributed by atoms with Crippen molar-refractivity contribution < 1.29 is 9.90 Å². The standard InChI is InChI=1S/C8H6NO2/c10-7-5-3-1-2-4-6(5)9-8(7)11/h1-4,7H,(H,9,11). The van der Waals surface area contributed by atoms with Crippen LogP contribution in [0.15, 0.2) is 24.3 Å². The van der Waals surface area contributed by atoms with Gasteiger partial charge in [-0.3, -0.25) is 4.79 Å². The molecule has 3 heteroatoms. The zero-order valence-electron chi connectivity index (χ0n) is 5.70. The van der Waals surface area contributed by atoms with Crippen LogP contribution in [0.25, 0.3) is 0 Å². The minimum atomic E-state index is -1.23. The predicted octanol–water partition coefficient (Wildman–Crippen LogP) is 1.11. The molecule has 2 rings (SSSR count). The van der Waals surface area contributed by atoms with Crippen molar-refractivity contribution >= 4 is 11.6 Å². The summed E-state index contributed by atoms with van der Waals surface area (Å²) >= 11 is 0. The number of carbonyl (C=O) groups is 1. The van der Waals surface area contributed by atoms with Crippen LogP contribution >= 0.6 is 0 Å². The van der Waals surface area contributed by atoms with E-state index in [1.807, 2.05) is 0 Å². The molecule has 1 radical (unpaired) electrons. The topological polar surface area (TPSA) is 49.0 Å². The van der Waals surface area contributed by atoms with Crippen LogP contribution in [0.1, 0.15) is 11.7 Å². The molecule has 11 heavy (non-hydrogen) atoms. The number of para-hydroxylation sites is 1. The largest absolute Gasteiger partial charge is 0.323 e. The molecule has 1 unspecified atom stereocenters. The van der Waals surface area contributed by atoms with E-state index >= 15 is 0 Å². The molecule has 0 saturated heterocycles. The third kappa shape index (κ3) is 0.816. The molecule has 1 aliphatic rings. The van der Waals surface area contributed by atoms with Gasteiger partial charge in [-0.05, 0) is 6.07 Å². The first kappa shape index (κ1) is 6.37. The lowest BCUT2D eigenvalue weighted by molar-refractivity contribution is -0.126. The van der Waals surface area contributed by atoms with Crippen LogP contribution in [0.5, 0.6) is 0 Å². The smallest absolute Gasteiger partial charge is 0.261 e. The van der Waals surface area contributed by atoms with E-state index in [0.29, 0.717) is 11.3 Å². The Morgan fingerprint density at radius 1 is 1.27 bits per heavy atom. The van der Waals surface area contributed by atoms with Crippen LogP contribution in [-0.4, -0.2) is 5.91 Å². The molecular weight excluding hydrogens is 142 g/mol. The van der Waals surface area contributed by atoms with Crippen molar-refractivity contribution in [3.8, 4) is 0 Å². The van der Waals surface area contributed by atoms with Crippen molar-refractivity contribution in [2.24, 2.45) is 0 Å². The predicted molar refractivity (Wildman–Crippen MR) is 38.5 cm³/mol. The average Bonchev–Trinajstić information content (AvgIpc) is 2.30. The van der Waals surface area contributed by atoms with Gasteiger partial charge in [-0.2, -0.15) is 0 Å². The fourth-order valence-corrected chi connectivity index (χ4v) is 1.18. The molecule has 1 atom stereocenters. The van der Waals surface area contributed by atoms with E-state index < -0.39 is 12.0 Å². The Kier molecular flexibility index (Phi) is 1.20. The van der Waals surface area contributed by atoms with E-state index in [-0.39, 0.29) is 0 Å². The van der Waals surface area contributed by atoms with Crippen molar-refractivity contribution in [3.63, 3.8) is 0 Å². The molecule has 0 spiro atoms. The molecule has 1 aromatic rings. The fraction of sp³-hybridized carbons (Fsp3) is 0.125. The SMILES string of the molecule is [O]C1C(=O)Nc2ccccc21. The van der Waals surface area contributed by atoms with Crippen molar-refractivity contribution in [3.05, 3.63) is 29.8 Å². The summed E-state index contributed by atoms with van der Waals surface area (Å²) in [5.74, 6) is -0.453. The third-order valence-corrected chi connectivity index (χ3v) is 1.74. The number of hydrogen-bond acceptors (Lipinski definition) is 1. The number of amides is 1. The van der Waals surface area contributed by atoms with Gasteiger partial charge in [-0.1, -0.05) is 18.2 Å². The van der Waals surface area contributed by atoms with Crippen LogP contribution in [0.4, 0.5) is 5.69 Å². The van der Waals surface area contributed by atoms with Gasteiger partial charge in [0, 0.05) is 11.3 Å². The van der Waals surface area contributed by atoms with E-state index in [4.69, 9.17) is 0 Å². The van der Waals surface area contributed by atoms with Gasteiger partial charge in [0.05, 0.1) is 0 Å². The summed E-state index contributed by atoms with van der Waals surface area (Å²) in [5, 5.41) is 13.6. The lowest BCUT2D eigenvalue weighted by Gasteiger charge is -1.94. The van der Waals surface area contributed by atoms with Crippen molar-refractivity contribution in [2.75, 3.05) is 5.32 Å². The summed E-state index contributed by atoms with van der Waals surface area (Å²) < 4.78 is 0. The van der Waals surface area contributed by atoms with Crippen LogP contribution in [0.2, 0.25) is 0 Å². The minimum Gasteiger partial charge on any atom is -0.323 e. The van der Waals surface area contributed by atoms with Gasteiger partial charge in [0.2, 0.25) is 0 Å². The highest BCUT2D eigenvalue weighted by Gasteiger charge is 2.28. The molecule has 1 aromatic carbocycles. The second-order valence-corrected chi connectivity index (χ2v) is 2.46. The molecule has 3 nitrogen and oxygen atoms in total. The monoisotopic (exact) mass is 148 g/mol. The molecule has 0 bridgehead atoms. The highest BCUT2D eigenvalue weighted by atomic mass is 16.3. The van der Waals surface area contributed by atoms with Crippen LogP contribution < -0.4 is 5.32 Å². The highest BCUT2D eigenvalue weighted by molar-refractivity contribution is 6.01. The molecule has 0 fully saturated rings. The maximum absolute atomic E-state index is 11.1. The molecule has 0 aliphatic carbocycles. The molecule has 1 N–H and O–H groups in total. The zero-order valence-corrected chi connectivity index (χ0v) is 5.70. The fourth-order valence-electron chi connectivity index (χ4n) is 1.18. The first-order valence-corrected chi connectivity index (χ1v) is 3.34. The lowest BCUT2D eigenvalue weighted by Crippen LogP contribution is -2.09. The molecule has 55 valence electrons. The summed E-state index contributed by atoms with van der Waals surface area (Å²) in [7, 11) is 0. The quantitative estimate of drug-likeness (QED) is 0.588. The molecule has 0 aromatic heterocycles. The molecular formula is C8H6NO2. The van der Waals surface area contributed by atoms with Gasteiger partial charge < -0.3 is 5.32 Å². The van der Waals surface area contributed by atoms with Gasteiger partial charge in [-0.25, -0.2) is 5.11 Å². The summed E-state index contributed by atoms with van der Waals surface area (Å²) in [6, 6.07) is 6.94. The van der Waals surface area contributed by atoms with E-state index in [1.165, 1.54) is 0 Å². The number of carbonyl (C=O) groups excluding carboxylic acids is 1. The van der Waals surface area contributed by atoms with Crippen LogP contribution in [0.3, 0.4) is 0 Å². The van der Waals surface area contributed by atoms with E-state index in [9.17, 15) is 9.90 Å². The molecule has 1 heterocycles. The van der Waals surface area contributed by atoms with Crippen molar-refractivity contribution in [2.45, 2.75) is 6.10 Å². The summed E-state index contributed by atoms with van der Waals surface area (Å²) in [6.45, 7) is 0. The van der Waals surface area contributed by atoms with Crippen molar-refractivity contribution in [1.29, 1.82) is 0 Å². The van der Waals surface area contributed by atoms with E-state index in [0.717, 1.165) is 0 Å². The minimum absolute atomic E-state index is 0.453. The summed E-state index contributed by atoms with van der Waals surface area (Å²) in [6.07, 6.45) is -1.23. The maximum Gasteiger partial charge on any atom is 0.261 e. The zero-order chi connectivity index (χ0) is 7.84. The maximum atomic E-state index is 11.1. The van der Waals surface area contributed by atoms with Gasteiger partial charge in [-0.15, -0.1) is 0 Å². The Balaban J connectivity index is 2.55. The number of rotatable bonds is 0. The number of benzene rings is 1. The van der Waals surface area contributed by atoms with Crippen LogP contribution in [0, 0.1) is 0 Å². The van der Waals surface area contributed by atoms with Crippen molar-refractivity contribution in [1.82, 2.24) is 0 Å². The Bertz CT molecular complexity index is 309. The number of nitrogens with one attached hydrogen (secondary N) is 1. The molecule has 1 aliphatic heterocycles. The Morgan fingerprint density at radius 2 is 2.00 bits per heavy atom. The Morgan fingerprint density at radius 3 is 2.73 bits per heavy atom. The highest BCUT2D eigenvalue weighted by Crippen LogP contribution is 2.29. The van der Waals surface area contributed by atoms with E-state index in [2.05, 4.69) is 5.32 Å². The van der Waals surface area contributed by atoms with Gasteiger partial charge >= 0.3 is 0 Å².